The lowest BCUT2D eigenvalue weighted by atomic mass is 10.6. The molecule has 0 aromatic carbocycles. The molecule has 0 amide bonds. The molecule has 0 saturated carbocycles. The Morgan fingerprint density at radius 1 is 1.44 bits per heavy atom. The topological polar surface area (TPSA) is 34.1 Å². The van der Waals surface area contributed by atoms with Crippen molar-refractivity contribution >= 4 is 9.84 Å². The van der Waals surface area contributed by atoms with Crippen LogP contribution in [0.4, 0.5) is 8.78 Å². The van der Waals surface area contributed by atoms with Crippen LogP contribution in [-0.4, -0.2) is 19.9 Å². The van der Waals surface area contributed by atoms with Gasteiger partial charge in [-0.1, -0.05) is 6.92 Å². The molecule has 0 unspecified atom stereocenters. The highest BCUT2D eigenvalue weighted by Crippen LogP contribution is 2.05. The highest BCUT2D eigenvalue weighted by atomic mass is 32.2. The van der Waals surface area contributed by atoms with Gasteiger partial charge in [-0.25, -0.2) is 8.42 Å². The molecule has 0 aliphatic carbocycles. The van der Waals surface area contributed by atoms with E-state index < -0.39 is 21.3 Å². The van der Waals surface area contributed by atoms with E-state index in [0.717, 1.165) is 0 Å². The summed E-state index contributed by atoms with van der Waals surface area (Å²) in [6, 6.07) is 0. The van der Waals surface area contributed by atoms with Gasteiger partial charge in [-0.15, -0.1) is 0 Å². The average molecular weight is 158 g/mol. The quantitative estimate of drug-likeness (QED) is 0.614. The molecule has 0 radical (unpaired) electrons. The molecule has 5 heteroatoms. The van der Waals surface area contributed by atoms with Gasteiger partial charge in [-0.2, -0.15) is 8.78 Å². The molecule has 0 aliphatic rings. The summed E-state index contributed by atoms with van der Waals surface area (Å²) < 4.78 is 43.2. The van der Waals surface area contributed by atoms with E-state index in [4.69, 9.17) is 0 Å². The van der Waals surface area contributed by atoms with E-state index in [1.54, 1.807) is 6.92 Å². The lowest BCUT2D eigenvalue weighted by Crippen LogP contribution is -2.14. The Kier molecular flexibility index (Phi) is 3.03. The average Bonchev–Trinajstić information content (AvgIpc) is 1.65. The van der Waals surface area contributed by atoms with Crippen LogP contribution < -0.4 is 0 Å². The molecular weight excluding hydrogens is 150 g/mol. The Balaban J connectivity index is 4.05. The first-order valence-corrected chi connectivity index (χ1v) is 4.22. The maximum absolute atomic E-state index is 11.4. The normalized spacial score (nSPS) is 12.4. The molecule has 0 heterocycles. The van der Waals surface area contributed by atoms with Gasteiger partial charge in [0.25, 0.3) is 0 Å². The number of alkyl halides is 2. The summed E-state index contributed by atoms with van der Waals surface area (Å²) in [4.78, 5) is 0. The maximum atomic E-state index is 11.4. The molecular formula is C4H8F2O2S. The fourth-order valence-electron chi connectivity index (χ4n) is 0.374. The first-order valence-electron chi connectivity index (χ1n) is 2.50. The van der Waals surface area contributed by atoms with Crippen LogP contribution in [0.1, 0.15) is 13.3 Å². The maximum Gasteiger partial charge on any atom is 0.336 e. The Morgan fingerprint density at radius 3 is 2.00 bits per heavy atom. The minimum absolute atomic E-state index is 0.243. The number of hydrogen-bond acceptors (Lipinski definition) is 2. The van der Waals surface area contributed by atoms with E-state index in [1.165, 1.54) is 0 Å². The zero-order valence-electron chi connectivity index (χ0n) is 4.97. The van der Waals surface area contributed by atoms with E-state index >= 15 is 0 Å². The Morgan fingerprint density at radius 2 is 1.89 bits per heavy atom. The SMILES string of the molecule is CCCS(=O)(=O)C(F)F. The standard InChI is InChI=1S/C4H8F2O2S/c1-2-3-9(7,8)4(5)6/h4H,2-3H2,1H3. The Labute approximate surface area is 52.8 Å². The van der Waals surface area contributed by atoms with Gasteiger partial charge in [-0.3, -0.25) is 0 Å². The van der Waals surface area contributed by atoms with Crippen molar-refractivity contribution in [3.63, 3.8) is 0 Å². The van der Waals surface area contributed by atoms with Gasteiger partial charge in [0.05, 0.1) is 5.75 Å². The third kappa shape index (κ3) is 2.74. The summed E-state index contributed by atoms with van der Waals surface area (Å²) in [6.45, 7) is 1.54. The number of sulfone groups is 1. The summed E-state index contributed by atoms with van der Waals surface area (Å²) in [5.74, 6) is -3.64. The van der Waals surface area contributed by atoms with Gasteiger partial charge in [0.2, 0.25) is 9.84 Å². The largest absolute Gasteiger partial charge is 0.336 e. The van der Waals surface area contributed by atoms with Crippen molar-refractivity contribution in [3.8, 4) is 0 Å². The van der Waals surface area contributed by atoms with Crippen molar-refractivity contribution in [3.05, 3.63) is 0 Å². The Hall–Kier alpha value is -0.190. The summed E-state index contributed by atoms with van der Waals surface area (Å²) >= 11 is 0. The van der Waals surface area contributed by atoms with Crippen LogP contribution in [0.5, 0.6) is 0 Å². The first-order chi connectivity index (χ1) is 4.00. The van der Waals surface area contributed by atoms with Gasteiger partial charge < -0.3 is 0 Å². The summed E-state index contributed by atoms with van der Waals surface area (Å²) in [7, 11) is -4.08. The van der Waals surface area contributed by atoms with E-state index in [9.17, 15) is 17.2 Å². The molecule has 0 rings (SSSR count). The molecule has 0 fully saturated rings. The van der Waals surface area contributed by atoms with Crippen molar-refractivity contribution in [2.75, 3.05) is 5.75 Å². The zero-order valence-corrected chi connectivity index (χ0v) is 5.79. The van der Waals surface area contributed by atoms with E-state index in [0.29, 0.717) is 0 Å². The van der Waals surface area contributed by atoms with Gasteiger partial charge in [0.15, 0.2) is 0 Å². The number of hydrogen-bond donors (Lipinski definition) is 0. The molecule has 2 nitrogen and oxygen atoms in total. The van der Waals surface area contributed by atoms with Crippen LogP contribution in [0.3, 0.4) is 0 Å². The molecule has 0 atom stereocenters. The third-order valence-corrected chi connectivity index (χ3v) is 2.28. The predicted molar refractivity (Wildman–Crippen MR) is 30.1 cm³/mol. The van der Waals surface area contributed by atoms with Crippen LogP contribution >= 0.6 is 0 Å². The van der Waals surface area contributed by atoms with Crippen molar-refractivity contribution in [1.82, 2.24) is 0 Å². The zero-order chi connectivity index (χ0) is 7.49. The van der Waals surface area contributed by atoms with Crippen molar-refractivity contribution in [1.29, 1.82) is 0 Å². The molecule has 0 aliphatic heterocycles. The van der Waals surface area contributed by atoms with Crippen LogP contribution in [0.2, 0.25) is 0 Å². The van der Waals surface area contributed by atoms with Gasteiger partial charge >= 0.3 is 5.76 Å². The molecule has 9 heavy (non-hydrogen) atoms. The summed E-state index contributed by atoms with van der Waals surface area (Å²) in [5, 5.41) is 0. The van der Waals surface area contributed by atoms with Gasteiger partial charge in [0, 0.05) is 0 Å². The predicted octanol–water partition coefficient (Wildman–Crippen LogP) is 1.03. The number of halogens is 2. The van der Waals surface area contributed by atoms with Crippen molar-refractivity contribution in [2.24, 2.45) is 0 Å². The second-order valence-electron chi connectivity index (χ2n) is 1.63. The van der Waals surface area contributed by atoms with Crippen LogP contribution in [-0.2, 0) is 9.84 Å². The summed E-state index contributed by atoms with van der Waals surface area (Å²) in [6.07, 6.45) is 0.243. The minimum Gasteiger partial charge on any atom is -0.223 e. The van der Waals surface area contributed by atoms with E-state index in [1.807, 2.05) is 0 Å². The lowest BCUT2D eigenvalue weighted by molar-refractivity contribution is 0.234. The van der Waals surface area contributed by atoms with Crippen LogP contribution in [0.25, 0.3) is 0 Å². The molecule has 0 N–H and O–H groups in total. The first kappa shape index (κ1) is 8.81. The molecule has 0 saturated heterocycles. The third-order valence-electron chi connectivity index (χ3n) is 0.760. The molecule has 0 aromatic heterocycles. The molecule has 0 aromatic rings. The second kappa shape index (κ2) is 3.10. The summed E-state index contributed by atoms with van der Waals surface area (Å²) in [5.41, 5.74) is 0. The lowest BCUT2D eigenvalue weighted by Gasteiger charge is -1.97. The highest BCUT2D eigenvalue weighted by Gasteiger charge is 2.21. The van der Waals surface area contributed by atoms with Gasteiger partial charge in [0.1, 0.15) is 0 Å². The minimum atomic E-state index is -4.08. The molecule has 0 bridgehead atoms. The van der Waals surface area contributed by atoms with E-state index in [-0.39, 0.29) is 6.42 Å². The molecule has 56 valence electrons. The van der Waals surface area contributed by atoms with Crippen LogP contribution in [0.15, 0.2) is 0 Å². The molecule has 0 spiro atoms. The second-order valence-corrected chi connectivity index (χ2v) is 3.72. The number of rotatable bonds is 3. The van der Waals surface area contributed by atoms with E-state index in [2.05, 4.69) is 0 Å². The van der Waals surface area contributed by atoms with Crippen molar-refractivity contribution < 1.29 is 17.2 Å². The fourth-order valence-corrected chi connectivity index (χ4v) is 1.12. The van der Waals surface area contributed by atoms with Crippen molar-refractivity contribution in [2.45, 2.75) is 19.1 Å². The fraction of sp³-hybridized carbons (Fsp3) is 1.00. The Bertz CT molecular complexity index is 161. The van der Waals surface area contributed by atoms with Gasteiger partial charge in [-0.05, 0) is 6.42 Å². The van der Waals surface area contributed by atoms with Crippen LogP contribution in [0, 0.1) is 0 Å². The highest BCUT2D eigenvalue weighted by molar-refractivity contribution is 7.91. The monoisotopic (exact) mass is 158 g/mol. The smallest absolute Gasteiger partial charge is 0.223 e.